The molecule has 0 bridgehead atoms. The summed E-state index contributed by atoms with van der Waals surface area (Å²) in [4.78, 5) is 3.88. The first-order valence-electron chi connectivity index (χ1n) is 7.89. The first-order valence-corrected chi connectivity index (χ1v) is 9.39. The van der Waals surface area contributed by atoms with Gasteiger partial charge < -0.3 is 9.47 Å². The van der Waals surface area contributed by atoms with Crippen LogP contribution < -0.4 is 4.74 Å². The van der Waals surface area contributed by atoms with Crippen LogP contribution in [0, 0.1) is 5.82 Å². The second-order valence-electron chi connectivity index (χ2n) is 6.56. The van der Waals surface area contributed by atoms with Crippen molar-refractivity contribution in [2.75, 3.05) is 19.7 Å². The van der Waals surface area contributed by atoms with E-state index in [4.69, 9.17) is 9.47 Å². The summed E-state index contributed by atoms with van der Waals surface area (Å²) in [6, 6.07) is 2.81. The minimum atomic E-state index is -3.17. The van der Waals surface area contributed by atoms with E-state index in [9.17, 15) is 12.8 Å². The Morgan fingerprint density at radius 3 is 3.00 bits per heavy atom. The van der Waals surface area contributed by atoms with E-state index in [0.717, 1.165) is 12.8 Å². The van der Waals surface area contributed by atoms with Crippen molar-refractivity contribution in [3.8, 4) is 5.88 Å². The molecule has 3 fully saturated rings. The zero-order valence-corrected chi connectivity index (χ0v) is 13.5. The van der Waals surface area contributed by atoms with E-state index >= 15 is 0 Å². The summed E-state index contributed by atoms with van der Waals surface area (Å²) in [5.74, 6) is -0.531. The van der Waals surface area contributed by atoms with Crippen molar-refractivity contribution in [2.45, 2.75) is 42.6 Å². The van der Waals surface area contributed by atoms with E-state index in [1.54, 1.807) is 4.31 Å². The summed E-state index contributed by atoms with van der Waals surface area (Å²) in [7, 11) is -3.17. The Kier molecular flexibility index (Phi) is 3.58. The lowest BCUT2D eigenvalue weighted by Gasteiger charge is -2.23. The number of rotatable bonds is 4. The van der Waals surface area contributed by atoms with Crippen molar-refractivity contribution in [1.82, 2.24) is 9.29 Å². The van der Waals surface area contributed by atoms with Gasteiger partial charge in [0.15, 0.2) is 5.82 Å². The summed E-state index contributed by atoms with van der Waals surface area (Å²) in [5.41, 5.74) is -0.502. The monoisotopic (exact) mass is 342 g/mol. The molecular weight excluding hydrogens is 323 g/mol. The highest BCUT2D eigenvalue weighted by atomic mass is 32.2. The number of ether oxygens (including phenoxy) is 2. The molecule has 0 radical (unpaired) electrons. The molecule has 3 heterocycles. The molecule has 0 N–H and O–H groups in total. The third kappa shape index (κ3) is 2.83. The number of halogens is 1. The van der Waals surface area contributed by atoms with Gasteiger partial charge in [-0.05, 0) is 31.4 Å². The van der Waals surface area contributed by atoms with E-state index in [1.807, 2.05) is 0 Å². The quantitative estimate of drug-likeness (QED) is 0.826. The van der Waals surface area contributed by atoms with Crippen LogP contribution in [0.25, 0.3) is 0 Å². The molecule has 0 unspecified atom stereocenters. The first-order chi connectivity index (χ1) is 11.0. The van der Waals surface area contributed by atoms with E-state index in [0.29, 0.717) is 32.5 Å². The van der Waals surface area contributed by atoms with Crippen molar-refractivity contribution in [3.05, 3.63) is 24.1 Å². The van der Waals surface area contributed by atoms with Crippen LogP contribution in [-0.2, 0) is 14.8 Å². The molecule has 8 heteroatoms. The Bertz CT molecular complexity index is 709. The van der Waals surface area contributed by atoms with Gasteiger partial charge >= 0.3 is 0 Å². The fourth-order valence-corrected chi connectivity index (χ4v) is 5.29. The lowest BCUT2D eigenvalue weighted by Crippen LogP contribution is -2.37. The van der Waals surface area contributed by atoms with Gasteiger partial charge in [0.25, 0.3) is 5.88 Å². The van der Waals surface area contributed by atoms with E-state index in [1.165, 1.54) is 18.3 Å². The Labute approximate surface area is 134 Å². The van der Waals surface area contributed by atoms with E-state index in [2.05, 4.69) is 4.98 Å². The minimum Gasteiger partial charge on any atom is -0.470 e. The van der Waals surface area contributed by atoms with Gasteiger partial charge in [0, 0.05) is 25.7 Å². The Balaban J connectivity index is 1.41. The summed E-state index contributed by atoms with van der Waals surface area (Å²) < 4.78 is 51.3. The Hall–Kier alpha value is -1.25. The third-order valence-corrected chi connectivity index (χ3v) is 7.11. The predicted octanol–water partition coefficient (Wildman–Crippen LogP) is 1.33. The highest BCUT2D eigenvalue weighted by molar-refractivity contribution is 7.90. The molecule has 6 nitrogen and oxygen atoms in total. The molecule has 2 saturated heterocycles. The van der Waals surface area contributed by atoms with Crippen LogP contribution in [0.2, 0.25) is 0 Å². The van der Waals surface area contributed by atoms with Crippen LogP contribution in [0.3, 0.4) is 0 Å². The molecule has 0 amide bonds. The van der Waals surface area contributed by atoms with Crippen molar-refractivity contribution in [1.29, 1.82) is 0 Å². The fourth-order valence-electron chi connectivity index (χ4n) is 3.38. The van der Waals surface area contributed by atoms with Crippen LogP contribution in [0.15, 0.2) is 18.3 Å². The summed E-state index contributed by atoms with van der Waals surface area (Å²) in [6.45, 7) is 1.19. The topological polar surface area (TPSA) is 68.7 Å². The lowest BCUT2D eigenvalue weighted by molar-refractivity contribution is 0.0141. The van der Waals surface area contributed by atoms with Crippen LogP contribution in [0.1, 0.15) is 25.7 Å². The summed E-state index contributed by atoms with van der Waals surface area (Å²) in [6.07, 6.45) is 3.91. The molecule has 1 aromatic rings. The Morgan fingerprint density at radius 2 is 2.26 bits per heavy atom. The smallest absolute Gasteiger partial charge is 0.250 e. The maximum atomic E-state index is 13.6. The van der Waals surface area contributed by atoms with Crippen molar-refractivity contribution in [3.63, 3.8) is 0 Å². The van der Waals surface area contributed by atoms with Gasteiger partial charge in [-0.15, -0.1) is 0 Å². The summed E-state index contributed by atoms with van der Waals surface area (Å²) in [5, 5.41) is -0.200. The largest absolute Gasteiger partial charge is 0.470 e. The molecular formula is C15H19FN2O4S. The van der Waals surface area contributed by atoms with Gasteiger partial charge in [0.05, 0.1) is 17.5 Å². The second kappa shape index (κ2) is 5.39. The number of sulfonamides is 1. The maximum Gasteiger partial charge on any atom is 0.250 e. The van der Waals surface area contributed by atoms with Gasteiger partial charge in [-0.2, -0.15) is 4.31 Å². The van der Waals surface area contributed by atoms with Gasteiger partial charge in [0.1, 0.15) is 6.10 Å². The average molecular weight is 342 g/mol. The Morgan fingerprint density at radius 1 is 1.43 bits per heavy atom. The average Bonchev–Trinajstić information content (AvgIpc) is 3.21. The highest BCUT2D eigenvalue weighted by Crippen LogP contribution is 2.40. The number of aromatic nitrogens is 1. The van der Waals surface area contributed by atoms with Crippen LogP contribution in [-0.4, -0.2) is 54.4 Å². The van der Waals surface area contributed by atoms with Crippen molar-refractivity contribution >= 4 is 10.0 Å². The van der Waals surface area contributed by atoms with E-state index in [-0.39, 0.29) is 17.2 Å². The second-order valence-corrected chi connectivity index (χ2v) is 8.77. The maximum absolute atomic E-state index is 13.6. The van der Waals surface area contributed by atoms with Gasteiger partial charge in [-0.3, -0.25) is 0 Å². The summed E-state index contributed by atoms with van der Waals surface area (Å²) >= 11 is 0. The molecule has 2 aliphatic heterocycles. The number of hydrogen-bond donors (Lipinski definition) is 0. The third-order valence-electron chi connectivity index (χ3n) is 4.76. The molecule has 3 aliphatic rings. The van der Waals surface area contributed by atoms with Crippen LogP contribution in [0.4, 0.5) is 4.39 Å². The molecule has 4 rings (SSSR count). The molecule has 1 aliphatic carbocycles. The first kappa shape index (κ1) is 15.3. The zero-order chi connectivity index (χ0) is 16.1. The fraction of sp³-hybridized carbons (Fsp3) is 0.667. The molecule has 0 aromatic carbocycles. The van der Waals surface area contributed by atoms with Crippen LogP contribution >= 0.6 is 0 Å². The van der Waals surface area contributed by atoms with Crippen molar-refractivity contribution in [2.24, 2.45) is 0 Å². The number of pyridine rings is 1. The van der Waals surface area contributed by atoms with Gasteiger partial charge in [-0.25, -0.2) is 17.8 Å². The minimum absolute atomic E-state index is 0.0291. The molecule has 1 saturated carbocycles. The predicted molar refractivity (Wildman–Crippen MR) is 80.0 cm³/mol. The molecule has 1 spiro atoms. The molecule has 1 aromatic heterocycles. The van der Waals surface area contributed by atoms with E-state index < -0.39 is 21.4 Å². The molecule has 23 heavy (non-hydrogen) atoms. The highest BCUT2D eigenvalue weighted by Gasteiger charge is 2.51. The standard InChI is InChI=1S/C15H19FN2O4S/c16-13-2-1-6-17-14(13)22-11-8-15(21-9-11)5-7-18(10-15)23(19,20)12-3-4-12/h1-2,6,11-12H,3-5,7-10H2/t11-,15+/m1/s1. The number of hydrogen-bond acceptors (Lipinski definition) is 5. The number of nitrogens with zero attached hydrogens (tertiary/aromatic N) is 2. The zero-order valence-electron chi connectivity index (χ0n) is 12.7. The van der Waals surface area contributed by atoms with Crippen LogP contribution in [0.5, 0.6) is 5.88 Å². The van der Waals surface area contributed by atoms with Gasteiger partial charge in [-0.1, -0.05) is 0 Å². The normalized spacial score (nSPS) is 31.8. The lowest BCUT2D eigenvalue weighted by atomic mass is 9.98. The molecule has 126 valence electrons. The SMILES string of the molecule is O=S(=O)(C1CC1)N1CC[C@]2(C[C@@H](Oc3ncccc3F)CO2)C1. The van der Waals surface area contributed by atoms with Crippen molar-refractivity contribution < 1.29 is 22.3 Å². The molecule has 2 atom stereocenters. The van der Waals surface area contributed by atoms with Gasteiger partial charge in [0.2, 0.25) is 10.0 Å².